The molecular weight excluding hydrogens is 329 g/mol. The number of halogens is 1. The van der Waals surface area contributed by atoms with Crippen molar-refractivity contribution < 1.29 is 13.9 Å². The van der Waals surface area contributed by atoms with Gasteiger partial charge in [-0.3, -0.25) is 4.99 Å². The first kappa shape index (κ1) is 16.3. The number of hydrogen-bond donors (Lipinski definition) is 1. The first-order valence-corrected chi connectivity index (χ1v) is 8.41. The van der Waals surface area contributed by atoms with Gasteiger partial charge in [-0.1, -0.05) is 18.2 Å². The largest absolute Gasteiger partial charge is 0.463 e. The molecule has 0 saturated heterocycles. The molecule has 0 saturated carbocycles. The van der Waals surface area contributed by atoms with Crippen LogP contribution in [0.15, 0.2) is 51.4 Å². The predicted octanol–water partition coefficient (Wildman–Crippen LogP) is 3.21. The van der Waals surface area contributed by atoms with Crippen LogP contribution in [0.5, 0.6) is 0 Å². The third-order valence-corrected chi connectivity index (χ3v) is 4.20. The number of thiazole rings is 1. The highest BCUT2D eigenvalue weighted by Crippen LogP contribution is 2.33. The highest BCUT2D eigenvalue weighted by atomic mass is 32.1. The lowest BCUT2D eigenvalue weighted by Gasteiger charge is -2.25. The van der Waals surface area contributed by atoms with Crippen LogP contribution in [0.1, 0.15) is 31.1 Å². The van der Waals surface area contributed by atoms with Crippen LogP contribution in [0, 0.1) is 5.82 Å². The second-order valence-corrected chi connectivity index (χ2v) is 5.88. The molecule has 3 rings (SSSR count). The fourth-order valence-corrected chi connectivity index (χ4v) is 3.07. The van der Waals surface area contributed by atoms with E-state index in [0.717, 1.165) is 0 Å². The van der Waals surface area contributed by atoms with Gasteiger partial charge in [-0.05, 0) is 19.9 Å². The van der Waals surface area contributed by atoms with E-state index in [1.54, 1.807) is 37.6 Å². The van der Waals surface area contributed by atoms with E-state index in [2.05, 4.69) is 15.3 Å². The Balaban J connectivity index is 2.10. The Bertz CT molecular complexity index is 815. The normalized spacial score (nSPS) is 17.3. The number of esters is 1. The summed E-state index contributed by atoms with van der Waals surface area (Å²) in [6.45, 7) is 3.72. The molecule has 0 aliphatic carbocycles. The topological polar surface area (TPSA) is 63.6 Å². The number of nitrogens with zero attached hydrogens (tertiary/aromatic N) is 2. The molecule has 1 aliphatic heterocycles. The number of ether oxygens (including phenoxy) is 1. The third-order valence-electron chi connectivity index (χ3n) is 3.61. The molecule has 0 amide bonds. The number of carbonyl (C=O) groups excluding carboxylic acids is 1. The number of benzene rings is 1. The molecule has 2 aromatic rings. The Labute approximate surface area is 142 Å². The SMILES string of the molecule is CCOC(=O)C1=C(C)NC(c2cscn2)=N[C@@H]1c1ccccc1F. The van der Waals surface area contributed by atoms with Crippen molar-refractivity contribution in [3.63, 3.8) is 0 Å². The van der Waals surface area contributed by atoms with E-state index in [1.165, 1.54) is 17.4 Å². The van der Waals surface area contributed by atoms with Gasteiger partial charge >= 0.3 is 5.97 Å². The maximum Gasteiger partial charge on any atom is 0.338 e. The second-order valence-electron chi connectivity index (χ2n) is 5.16. The van der Waals surface area contributed by atoms with E-state index in [-0.39, 0.29) is 6.61 Å². The van der Waals surface area contributed by atoms with E-state index in [9.17, 15) is 9.18 Å². The molecule has 2 heterocycles. The zero-order valence-electron chi connectivity index (χ0n) is 13.2. The van der Waals surface area contributed by atoms with Crippen molar-refractivity contribution in [1.29, 1.82) is 0 Å². The minimum atomic E-state index is -0.775. The van der Waals surface area contributed by atoms with Crippen molar-refractivity contribution >= 4 is 23.1 Å². The van der Waals surface area contributed by atoms with Crippen molar-refractivity contribution in [3.8, 4) is 0 Å². The van der Waals surface area contributed by atoms with Gasteiger partial charge in [-0.25, -0.2) is 14.2 Å². The summed E-state index contributed by atoms with van der Waals surface area (Å²) in [4.78, 5) is 21.1. The van der Waals surface area contributed by atoms with E-state index in [1.807, 2.05) is 5.38 Å². The molecular formula is C17H16FN3O2S. The zero-order valence-corrected chi connectivity index (χ0v) is 14.1. The van der Waals surface area contributed by atoms with Crippen molar-refractivity contribution in [2.24, 2.45) is 4.99 Å². The van der Waals surface area contributed by atoms with Crippen LogP contribution in [-0.4, -0.2) is 23.4 Å². The minimum absolute atomic E-state index is 0.238. The van der Waals surface area contributed by atoms with Gasteiger partial charge in [0, 0.05) is 16.6 Å². The zero-order chi connectivity index (χ0) is 17.1. The second kappa shape index (κ2) is 6.92. The number of carbonyl (C=O) groups is 1. The summed E-state index contributed by atoms with van der Waals surface area (Å²) < 4.78 is 19.4. The van der Waals surface area contributed by atoms with Gasteiger partial charge < -0.3 is 10.1 Å². The van der Waals surface area contributed by atoms with Crippen LogP contribution in [-0.2, 0) is 9.53 Å². The predicted molar refractivity (Wildman–Crippen MR) is 90.3 cm³/mol. The molecule has 0 bridgehead atoms. The van der Waals surface area contributed by atoms with Gasteiger partial charge in [0.15, 0.2) is 5.84 Å². The Morgan fingerprint density at radius 3 is 2.88 bits per heavy atom. The van der Waals surface area contributed by atoms with Gasteiger partial charge in [0.25, 0.3) is 0 Å². The average Bonchev–Trinajstić information content (AvgIpc) is 3.09. The van der Waals surface area contributed by atoms with Crippen LogP contribution in [0.2, 0.25) is 0 Å². The number of nitrogens with one attached hydrogen (secondary N) is 1. The van der Waals surface area contributed by atoms with Crippen LogP contribution < -0.4 is 5.32 Å². The highest BCUT2D eigenvalue weighted by Gasteiger charge is 2.32. The third kappa shape index (κ3) is 3.07. The standard InChI is InChI=1S/C17H16FN3O2S/c1-3-23-17(22)14-10(2)20-16(13-8-24-9-19-13)21-15(14)11-6-4-5-7-12(11)18/h4-9,15H,3H2,1-2H3,(H,20,21)/t15-/m1/s1. The number of rotatable bonds is 4. The summed E-state index contributed by atoms with van der Waals surface area (Å²) in [5.41, 5.74) is 3.57. The minimum Gasteiger partial charge on any atom is -0.463 e. The van der Waals surface area contributed by atoms with Crippen LogP contribution in [0.4, 0.5) is 4.39 Å². The fourth-order valence-electron chi connectivity index (χ4n) is 2.53. The lowest BCUT2D eigenvalue weighted by atomic mass is 9.95. The summed E-state index contributed by atoms with van der Waals surface area (Å²) in [5, 5.41) is 4.92. The molecule has 1 N–H and O–H groups in total. The lowest BCUT2D eigenvalue weighted by Crippen LogP contribution is -2.33. The number of aromatic nitrogens is 1. The maximum absolute atomic E-state index is 14.3. The summed E-state index contributed by atoms with van der Waals surface area (Å²) >= 11 is 1.44. The molecule has 1 atom stereocenters. The molecule has 0 unspecified atom stereocenters. The first-order valence-electron chi connectivity index (χ1n) is 7.47. The summed E-state index contributed by atoms with van der Waals surface area (Å²) in [6.07, 6.45) is 0. The van der Waals surface area contributed by atoms with E-state index in [0.29, 0.717) is 28.4 Å². The molecule has 0 radical (unpaired) electrons. The van der Waals surface area contributed by atoms with Crippen molar-refractivity contribution in [2.75, 3.05) is 6.61 Å². The smallest absolute Gasteiger partial charge is 0.338 e. The van der Waals surface area contributed by atoms with Gasteiger partial charge in [0.05, 0.1) is 17.7 Å². The maximum atomic E-state index is 14.3. The Morgan fingerprint density at radius 1 is 1.42 bits per heavy atom. The fraction of sp³-hybridized carbons (Fsp3) is 0.235. The van der Waals surface area contributed by atoms with Gasteiger partial charge in [-0.15, -0.1) is 11.3 Å². The van der Waals surface area contributed by atoms with Crippen molar-refractivity contribution in [2.45, 2.75) is 19.9 Å². The molecule has 1 aliphatic rings. The quantitative estimate of drug-likeness (QED) is 0.864. The van der Waals surface area contributed by atoms with Gasteiger partial charge in [0.2, 0.25) is 0 Å². The Hall–Kier alpha value is -2.54. The highest BCUT2D eigenvalue weighted by molar-refractivity contribution is 7.07. The monoisotopic (exact) mass is 345 g/mol. The Morgan fingerprint density at radius 2 is 2.21 bits per heavy atom. The van der Waals surface area contributed by atoms with E-state index in [4.69, 9.17) is 4.74 Å². The summed E-state index contributed by atoms with van der Waals surface area (Å²) in [7, 11) is 0. The summed E-state index contributed by atoms with van der Waals surface area (Å²) in [6, 6.07) is 5.53. The molecule has 1 aromatic heterocycles. The molecule has 24 heavy (non-hydrogen) atoms. The van der Waals surface area contributed by atoms with Crippen LogP contribution in [0.25, 0.3) is 0 Å². The van der Waals surface area contributed by atoms with Crippen molar-refractivity contribution in [1.82, 2.24) is 10.3 Å². The lowest BCUT2D eigenvalue weighted by molar-refractivity contribution is -0.138. The van der Waals surface area contributed by atoms with Gasteiger partial charge in [-0.2, -0.15) is 0 Å². The first-order chi connectivity index (χ1) is 11.6. The number of amidine groups is 1. The molecule has 1 aromatic carbocycles. The molecule has 0 fully saturated rings. The molecule has 124 valence electrons. The average molecular weight is 345 g/mol. The molecule has 0 spiro atoms. The van der Waals surface area contributed by atoms with Crippen LogP contribution in [0.3, 0.4) is 0 Å². The van der Waals surface area contributed by atoms with Gasteiger partial charge in [0.1, 0.15) is 17.6 Å². The number of hydrogen-bond acceptors (Lipinski definition) is 6. The number of aliphatic imine (C=N–C) groups is 1. The van der Waals surface area contributed by atoms with Crippen LogP contribution >= 0.6 is 11.3 Å². The van der Waals surface area contributed by atoms with E-state index >= 15 is 0 Å². The summed E-state index contributed by atoms with van der Waals surface area (Å²) in [5.74, 6) is -0.410. The number of allylic oxidation sites excluding steroid dienone is 1. The van der Waals surface area contributed by atoms with Crippen molar-refractivity contribution in [3.05, 3.63) is 63.5 Å². The van der Waals surface area contributed by atoms with E-state index < -0.39 is 17.8 Å². The Kier molecular flexibility index (Phi) is 4.71. The molecule has 5 nitrogen and oxygen atoms in total. The molecule has 7 heteroatoms.